The molecule has 3 heterocycles. The van der Waals surface area contributed by atoms with Crippen molar-refractivity contribution in [1.29, 1.82) is 0 Å². The Bertz CT molecular complexity index is 1470. The van der Waals surface area contributed by atoms with E-state index < -0.39 is 52.6 Å². The number of halogens is 1. The molecule has 0 radical (unpaired) electrons. The molecule has 1 aromatic rings. The molecule has 50 heavy (non-hydrogen) atoms. The number of morpholine rings is 1. The van der Waals surface area contributed by atoms with Gasteiger partial charge in [0.2, 0.25) is 23.5 Å². The molecule has 1 aromatic carbocycles. The number of carbonyl (C=O) groups is 5. The van der Waals surface area contributed by atoms with Crippen LogP contribution in [-0.4, -0.2) is 95.8 Å². The third kappa shape index (κ3) is 9.05. The summed E-state index contributed by atoms with van der Waals surface area (Å²) in [6, 6.07) is 4.20. The standard InChI is InChI=1S/C37H52ClN5O7/c1-5-10-27(31(45)34(47)42-15-17-49-18-16-42)39-33(46)29-22-37(21-28(41-50-37)25-13-9-14-26(38)20-25)23-43(29)35(48)32(36(2,3)4)40-30(44)19-24-11-7-6-8-12-24/h9,13-14,20-21,24,27,29,32,41H,5-8,10-12,15-19,22-23H2,1-4H3,(H,39,46)(H,40,44)/t27-,29-,32+,37+/m0/s1. The van der Waals surface area contributed by atoms with Crippen molar-refractivity contribution in [3.63, 3.8) is 0 Å². The van der Waals surface area contributed by atoms with E-state index in [1.807, 2.05) is 45.9 Å². The van der Waals surface area contributed by atoms with Crippen molar-refractivity contribution >= 4 is 46.7 Å². The lowest BCUT2D eigenvalue weighted by atomic mass is 9.84. The number of ketones is 1. The number of hydrogen-bond acceptors (Lipinski definition) is 8. The quantitative estimate of drug-likeness (QED) is 0.294. The molecule has 274 valence electrons. The number of hydroxylamine groups is 1. The van der Waals surface area contributed by atoms with Gasteiger partial charge in [-0.15, -0.1) is 0 Å². The summed E-state index contributed by atoms with van der Waals surface area (Å²) >= 11 is 6.26. The van der Waals surface area contributed by atoms with Gasteiger partial charge < -0.3 is 25.2 Å². The molecule has 4 aliphatic rings. The molecule has 12 nitrogen and oxygen atoms in total. The first-order valence-corrected chi connectivity index (χ1v) is 18.4. The van der Waals surface area contributed by atoms with Crippen molar-refractivity contribution in [2.45, 2.75) is 109 Å². The lowest BCUT2D eigenvalue weighted by Crippen LogP contribution is -2.59. The molecular formula is C37H52ClN5O7. The van der Waals surface area contributed by atoms with Gasteiger partial charge in [-0.25, -0.2) is 0 Å². The predicted molar refractivity (Wildman–Crippen MR) is 188 cm³/mol. The van der Waals surface area contributed by atoms with Gasteiger partial charge in [0.05, 0.1) is 31.5 Å². The first kappa shape index (κ1) is 37.8. The number of likely N-dealkylation sites (tertiary alicyclic amines) is 1. The maximum absolute atomic E-state index is 14.6. The predicted octanol–water partition coefficient (Wildman–Crippen LogP) is 3.77. The number of rotatable bonds is 11. The van der Waals surface area contributed by atoms with Crippen LogP contribution in [0.4, 0.5) is 0 Å². The van der Waals surface area contributed by atoms with Gasteiger partial charge >= 0.3 is 0 Å². The monoisotopic (exact) mass is 713 g/mol. The zero-order valence-corrected chi connectivity index (χ0v) is 30.5. The second-order valence-electron chi connectivity index (χ2n) is 15.2. The van der Waals surface area contributed by atoms with Crippen LogP contribution in [0.2, 0.25) is 5.02 Å². The highest BCUT2D eigenvalue weighted by Gasteiger charge is 2.54. The Morgan fingerprint density at radius 1 is 1.06 bits per heavy atom. The average molecular weight is 714 g/mol. The largest absolute Gasteiger partial charge is 0.378 e. The minimum Gasteiger partial charge on any atom is -0.378 e. The van der Waals surface area contributed by atoms with Crippen LogP contribution >= 0.6 is 11.6 Å². The fourth-order valence-corrected chi connectivity index (χ4v) is 7.60. The minimum absolute atomic E-state index is 0.0190. The smallest absolute Gasteiger partial charge is 0.292 e. The number of amides is 4. The summed E-state index contributed by atoms with van der Waals surface area (Å²) in [7, 11) is 0. The van der Waals surface area contributed by atoms with E-state index in [9.17, 15) is 24.0 Å². The summed E-state index contributed by atoms with van der Waals surface area (Å²) in [5.41, 5.74) is 2.62. The van der Waals surface area contributed by atoms with Crippen LogP contribution in [0.25, 0.3) is 5.70 Å². The molecular weight excluding hydrogens is 662 g/mol. The molecule has 0 aromatic heterocycles. The average Bonchev–Trinajstić information content (AvgIpc) is 3.70. The molecule has 1 spiro atoms. The highest BCUT2D eigenvalue weighted by atomic mass is 35.5. The molecule has 5 rings (SSSR count). The van der Waals surface area contributed by atoms with Gasteiger partial charge in [-0.05, 0) is 48.8 Å². The highest BCUT2D eigenvalue weighted by Crippen LogP contribution is 2.39. The molecule has 1 saturated carbocycles. The van der Waals surface area contributed by atoms with Crippen molar-refractivity contribution < 1.29 is 33.5 Å². The van der Waals surface area contributed by atoms with Gasteiger partial charge in [-0.1, -0.05) is 77.1 Å². The second kappa shape index (κ2) is 16.2. The van der Waals surface area contributed by atoms with Crippen molar-refractivity contribution in [2.24, 2.45) is 11.3 Å². The maximum Gasteiger partial charge on any atom is 0.292 e. The summed E-state index contributed by atoms with van der Waals surface area (Å²) in [5.74, 6) is -2.23. The highest BCUT2D eigenvalue weighted by molar-refractivity contribution is 6.38. The molecule has 2 saturated heterocycles. The SMILES string of the molecule is CCC[C@H](NC(=O)[C@@H]1C[C@]2(C=C(c3cccc(Cl)c3)NO2)CN1C(=O)[C@@H](NC(=O)CC1CCCCC1)C(C)(C)C)C(=O)C(=O)N1CCOCC1. The molecule has 4 amide bonds. The van der Waals surface area contributed by atoms with E-state index in [4.69, 9.17) is 21.2 Å². The summed E-state index contributed by atoms with van der Waals surface area (Å²) in [4.78, 5) is 77.9. The lowest BCUT2D eigenvalue weighted by Gasteiger charge is -2.36. The van der Waals surface area contributed by atoms with Crippen LogP contribution in [0.15, 0.2) is 30.3 Å². The second-order valence-corrected chi connectivity index (χ2v) is 15.7. The Balaban J connectivity index is 1.41. The van der Waals surface area contributed by atoms with Crippen LogP contribution < -0.4 is 16.1 Å². The first-order valence-electron chi connectivity index (χ1n) is 18.0. The van der Waals surface area contributed by atoms with E-state index in [1.54, 1.807) is 12.1 Å². The third-order valence-corrected chi connectivity index (χ3v) is 10.4. The van der Waals surface area contributed by atoms with Gasteiger partial charge in [0.25, 0.3) is 5.91 Å². The van der Waals surface area contributed by atoms with Crippen LogP contribution in [0.3, 0.4) is 0 Å². The van der Waals surface area contributed by atoms with Crippen LogP contribution in [0, 0.1) is 11.3 Å². The van der Waals surface area contributed by atoms with Gasteiger partial charge in [0.1, 0.15) is 17.7 Å². The molecule has 3 fully saturated rings. The van der Waals surface area contributed by atoms with Crippen LogP contribution in [0.5, 0.6) is 0 Å². The van der Waals surface area contributed by atoms with E-state index >= 15 is 0 Å². The normalized spacial score (nSPS) is 23.9. The first-order chi connectivity index (χ1) is 23.8. The number of nitrogens with one attached hydrogen (secondary N) is 3. The Labute approximate surface area is 299 Å². The zero-order valence-electron chi connectivity index (χ0n) is 29.7. The van der Waals surface area contributed by atoms with E-state index in [0.29, 0.717) is 49.9 Å². The Morgan fingerprint density at radius 2 is 1.78 bits per heavy atom. The topological polar surface area (TPSA) is 146 Å². The summed E-state index contributed by atoms with van der Waals surface area (Å²) in [6.45, 7) is 8.83. The van der Waals surface area contributed by atoms with E-state index in [2.05, 4.69) is 16.1 Å². The summed E-state index contributed by atoms with van der Waals surface area (Å²) in [6.07, 6.45) is 8.46. The van der Waals surface area contributed by atoms with Crippen LogP contribution in [-0.2, 0) is 33.5 Å². The summed E-state index contributed by atoms with van der Waals surface area (Å²) < 4.78 is 5.33. The molecule has 13 heteroatoms. The van der Waals surface area contributed by atoms with Crippen molar-refractivity contribution in [3.8, 4) is 0 Å². The molecule has 3 N–H and O–H groups in total. The molecule has 0 unspecified atom stereocenters. The summed E-state index contributed by atoms with van der Waals surface area (Å²) in [5, 5.41) is 6.40. The molecule has 1 aliphatic carbocycles. The van der Waals surface area contributed by atoms with Crippen molar-refractivity contribution in [1.82, 2.24) is 25.9 Å². The number of nitrogens with zero attached hydrogens (tertiary/aromatic N) is 2. The third-order valence-electron chi connectivity index (χ3n) is 10.2. The molecule has 3 aliphatic heterocycles. The van der Waals surface area contributed by atoms with E-state index in [-0.39, 0.29) is 31.2 Å². The van der Waals surface area contributed by atoms with Gasteiger partial charge in [-0.2, -0.15) is 0 Å². The minimum atomic E-state index is -1.09. The Morgan fingerprint density at radius 3 is 2.44 bits per heavy atom. The fourth-order valence-electron chi connectivity index (χ4n) is 7.41. The number of carbonyl (C=O) groups excluding carboxylic acids is 5. The van der Waals surface area contributed by atoms with Crippen LogP contribution in [0.1, 0.15) is 91.0 Å². The Kier molecular flexibility index (Phi) is 12.3. The van der Waals surface area contributed by atoms with Gasteiger partial charge in [0.15, 0.2) is 0 Å². The van der Waals surface area contributed by atoms with E-state index in [0.717, 1.165) is 31.2 Å². The number of Topliss-reactive ketones (excluding diaryl/α,β-unsaturated/α-hetero) is 1. The molecule has 0 bridgehead atoms. The van der Waals surface area contributed by atoms with Gasteiger partial charge in [0, 0.05) is 36.5 Å². The fraction of sp³-hybridized carbons (Fsp3) is 0.649. The number of hydrogen-bond donors (Lipinski definition) is 3. The maximum atomic E-state index is 14.6. The molecule has 4 atom stereocenters. The lowest BCUT2D eigenvalue weighted by molar-refractivity contribution is -0.149. The van der Waals surface area contributed by atoms with Gasteiger partial charge in [-0.3, -0.25) is 34.3 Å². The van der Waals surface area contributed by atoms with Crippen molar-refractivity contribution in [2.75, 3.05) is 32.8 Å². The van der Waals surface area contributed by atoms with Crippen molar-refractivity contribution in [3.05, 3.63) is 40.9 Å². The Hall–Kier alpha value is -3.48. The zero-order chi connectivity index (χ0) is 36.1. The number of benzene rings is 1. The number of ether oxygens (including phenoxy) is 1. The van der Waals surface area contributed by atoms with E-state index in [1.165, 1.54) is 16.2 Å².